The van der Waals surface area contributed by atoms with Crippen LogP contribution in [0.5, 0.6) is 0 Å². The average molecular weight is 298 g/mol. The van der Waals surface area contributed by atoms with Gasteiger partial charge in [-0.15, -0.1) is 0 Å². The first-order chi connectivity index (χ1) is 10.1. The molecule has 5 nitrogen and oxygen atoms in total. The van der Waals surface area contributed by atoms with Gasteiger partial charge >= 0.3 is 0 Å². The van der Waals surface area contributed by atoms with Crippen molar-refractivity contribution in [3.8, 4) is 0 Å². The van der Waals surface area contributed by atoms with Gasteiger partial charge < -0.3 is 20.4 Å². The highest BCUT2D eigenvalue weighted by Gasteiger charge is 2.26. The maximum absolute atomic E-state index is 12.0. The smallest absolute Gasteiger partial charge is 0.221 e. The number of aliphatic hydroxyl groups excluding tert-OH is 2. The van der Waals surface area contributed by atoms with Gasteiger partial charge in [0.05, 0.1) is 12.2 Å². The summed E-state index contributed by atoms with van der Waals surface area (Å²) in [6.45, 7) is 1.90. The van der Waals surface area contributed by atoms with Crippen LogP contribution in [-0.2, 0) is 4.79 Å². The number of nitrogens with zero attached hydrogens (tertiary/aromatic N) is 1. The van der Waals surface area contributed by atoms with Crippen molar-refractivity contribution in [2.24, 2.45) is 0 Å². The van der Waals surface area contributed by atoms with E-state index in [1.165, 1.54) is 32.1 Å². The van der Waals surface area contributed by atoms with Crippen molar-refractivity contribution in [1.29, 1.82) is 0 Å². The second-order valence-corrected chi connectivity index (χ2v) is 6.58. The number of hydrogen-bond donors (Lipinski definition) is 3. The summed E-state index contributed by atoms with van der Waals surface area (Å²) < 4.78 is 0. The van der Waals surface area contributed by atoms with E-state index in [9.17, 15) is 15.0 Å². The fourth-order valence-corrected chi connectivity index (χ4v) is 3.35. The van der Waals surface area contributed by atoms with Gasteiger partial charge in [0.1, 0.15) is 0 Å². The summed E-state index contributed by atoms with van der Waals surface area (Å²) in [6, 6.07) is 0.353. The third kappa shape index (κ3) is 5.93. The molecular formula is C16H30N2O3. The van der Waals surface area contributed by atoms with E-state index in [1.54, 1.807) is 0 Å². The molecule has 5 heteroatoms. The lowest BCUT2D eigenvalue weighted by molar-refractivity contribution is -0.122. The highest BCUT2D eigenvalue weighted by molar-refractivity contribution is 5.76. The van der Waals surface area contributed by atoms with Crippen LogP contribution in [-0.4, -0.2) is 58.9 Å². The van der Waals surface area contributed by atoms with E-state index in [0.717, 1.165) is 19.4 Å². The molecule has 0 radical (unpaired) electrons. The van der Waals surface area contributed by atoms with E-state index >= 15 is 0 Å². The Kier molecular flexibility index (Phi) is 6.93. The van der Waals surface area contributed by atoms with E-state index in [2.05, 4.69) is 10.2 Å². The number of piperidine rings is 1. The van der Waals surface area contributed by atoms with Crippen LogP contribution in [0.2, 0.25) is 0 Å². The molecular weight excluding hydrogens is 268 g/mol. The Morgan fingerprint density at radius 1 is 1.00 bits per heavy atom. The van der Waals surface area contributed by atoms with Crippen LogP contribution in [0, 0.1) is 0 Å². The molecule has 0 aromatic heterocycles. The minimum Gasteiger partial charge on any atom is -0.390 e. The van der Waals surface area contributed by atoms with Crippen LogP contribution in [0.15, 0.2) is 0 Å². The van der Waals surface area contributed by atoms with Crippen molar-refractivity contribution in [3.05, 3.63) is 0 Å². The standard InChI is InChI=1S/C16H30N2O3/c19-14-8-10-18(12-15(14)20)11-9-16(21)17-13-6-4-2-1-3-5-7-13/h13-15,19-20H,1-12H2,(H,17,21)/t14-,15-/m0/s1. The van der Waals surface area contributed by atoms with Gasteiger partial charge in [-0.2, -0.15) is 0 Å². The Morgan fingerprint density at radius 3 is 2.33 bits per heavy atom. The summed E-state index contributed by atoms with van der Waals surface area (Å²) in [6.07, 6.45) is 8.38. The van der Waals surface area contributed by atoms with Crippen LogP contribution < -0.4 is 5.32 Å². The third-order valence-corrected chi connectivity index (χ3v) is 4.76. The second-order valence-electron chi connectivity index (χ2n) is 6.58. The molecule has 122 valence electrons. The molecule has 1 amide bonds. The Labute approximate surface area is 127 Å². The van der Waals surface area contributed by atoms with E-state index in [1.807, 2.05) is 0 Å². The number of β-amino-alcohol motifs (C(OH)–C–C–N with tert-alkyl or cyclic N) is 1. The van der Waals surface area contributed by atoms with Crippen molar-refractivity contribution >= 4 is 5.91 Å². The molecule has 0 aromatic carbocycles. The lowest BCUT2D eigenvalue weighted by Gasteiger charge is -2.33. The Hall–Kier alpha value is -0.650. The van der Waals surface area contributed by atoms with Crippen LogP contribution >= 0.6 is 0 Å². The van der Waals surface area contributed by atoms with Gasteiger partial charge in [-0.1, -0.05) is 32.1 Å². The monoisotopic (exact) mass is 298 g/mol. The summed E-state index contributed by atoms with van der Waals surface area (Å²) in [4.78, 5) is 14.1. The molecule has 1 saturated heterocycles. The molecule has 1 aliphatic carbocycles. The molecule has 0 aromatic rings. The molecule has 21 heavy (non-hydrogen) atoms. The van der Waals surface area contributed by atoms with Gasteiger partial charge in [-0.3, -0.25) is 4.79 Å². The zero-order chi connectivity index (χ0) is 15.1. The summed E-state index contributed by atoms with van der Waals surface area (Å²) >= 11 is 0. The van der Waals surface area contributed by atoms with E-state index in [4.69, 9.17) is 0 Å². The lowest BCUT2D eigenvalue weighted by atomic mass is 9.96. The van der Waals surface area contributed by atoms with Crippen LogP contribution in [0.25, 0.3) is 0 Å². The Bertz CT molecular complexity index is 317. The Morgan fingerprint density at radius 2 is 1.67 bits per heavy atom. The van der Waals surface area contributed by atoms with Gasteiger partial charge in [0.25, 0.3) is 0 Å². The summed E-state index contributed by atoms with van der Waals surface area (Å²) in [5.74, 6) is 0.126. The number of carbonyl (C=O) groups excluding carboxylic acids is 1. The normalized spacial score (nSPS) is 29.6. The number of aliphatic hydroxyl groups is 2. The molecule has 2 atom stereocenters. The van der Waals surface area contributed by atoms with Crippen molar-refractivity contribution in [1.82, 2.24) is 10.2 Å². The molecule has 0 spiro atoms. The van der Waals surface area contributed by atoms with Gasteiger partial charge in [0, 0.05) is 32.1 Å². The van der Waals surface area contributed by atoms with Crippen molar-refractivity contribution in [2.75, 3.05) is 19.6 Å². The third-order valence-electron chi connectivity index (χ3n) is 4.76. The fourth-order valence-electron chi connectivity index (χ4n) is 3.35. The molecule has 2 fully saturated rings. The van der Waals surface area contributed by atoms with E-state index in [0.29, 0.717) is 32.0 Å². The largest absolute Gasteiger partial charge is 0.390 e. The minimum atomic E-state index is -0.674. The zero-order valence-electron chi connectivity index (χ0n) is 13.0. The predicted octanol–water partition coefficient (Wildman–Crippen LogP) is 1.03. The summed E-state index contributed by atoms with van der Waals surface area (Å²) in [5, 5.41) is 22.3. The number of rotatable bonds is 4. The summed E-state index contributed by atoms with van der Waals surface area (Å²) in [5.41, 5.74) is 0. The molecule has 1 heterocycles. The highest BCUT2D eigenvalue weighted by atomic mass is 16.3. The predicted molar refractivity (Wildman–Crippen MR) is 81.9 cm³/mol. The van der Waals surface area contributed by atoms with Gasteiger partial charge in [-0.25, -0.2) is 0 Å². The SMILES string of the molecule is O=C(CCN1CC[C@H](O)[C@@H](O)C1)NC1CCCCCCC1. The van der Waals surface area contributed by atoms with Crippen LogP contribution in [0.3, 0.4) is 0 Å². The molecule has 1 saturated carbocycles. The zero-order valence-corrected chi connectivity index (χ0v) is 13.0. The van der Waals surface area contributed by atoms with Gasteiger partial charge in [0.15, 0.2) is 0 Å². The molecule has 3 N–H and O–H groups in total. The van der Waals surface area contributed by atoms with Crippen LogP contribution in [0.4, 0.5) is 0 Å². The quantitative estimate of drug-likeness (QED) is 0.725. The van der Waals surface area contributed by atoms with Crippen LogP contribution in [0.1, 0.15) is 57.8 Å². The first kappa shape index (κ1) is 16.7. The molecule has 2 rings (SSSR count). The van der Waals surface area contributed by atoms with Gasteiger partial charge in [0.2, 0.25) is 5.91 Å². The molecule has 1 aliphatic heterocycles. The molecule has 0 unspecified atom stereocenters. The van der Waals surface area contributed by atoms with Crippen molar-refractivity contribution < 1.29 is 15.0 Å². The average Bonchev–Trinajstić information content (AvgIpc) is 2.43. The number of likely N-dealkylation sites (tertiary alicyclic amines) is 1. The second kappa shape index (κ2) is 8.71. The lowest BCUT2D eigenvalue weighted by Crippen LogP contribution is -2.47. The summed E-state index contributed by atoms with van der Waals surface area (Å²) in [7, 11) is 0. The number of nitrogens with one attached hydrogen (secondary N) is 1. The maximum atomic E-state index is 12.0. The fraction of sp³-hybridized carbons (Fsp3) is 0.938. The topological polar surface area (TPSA) is 72.8 Å². The minimum absolute atomic E-state index is 0.126. The van der Waals surface area contributed by atoms with E-state index in [-0.39, 0.29) is 5.91 Å². The number of amides is 1. The van der Waals surface area contributed by atoms with Gasteiger partial charge in [-0.05, 0) is 19.3 Å². The maximum Gasteiger partial charge on any atom is 0.221 e. The van der Waals surface area contributed by atoms with Crippen molar-refractivity contribution in [3.63, 3.8) is 0 Å². The van der Waals surface area contributed by atoms with E-state index < -0.39 is 12.2 Å². The Balaban J connectivity index is 1.64. The first-order valence-electron chi connectivity index (χ1n) is 8.53. The number of carbonyl (C=O) groups is 1. The molecule has 0 bridgehead atoms. The number of hydrogen-bond acceptors (Lipinski definition) is 4. The molecule has 2 aliphatic rings. The first-order valence-corrected chi connectivity index (χ1v) is 8.53. The highest BCUT2D eigenvalue weighted by Crippen LogP contribution is 2.17. The van der Waals surface area contributed by atoms with Crippen molar-refractivity contribution in [2.45, 2.75) is 76.0 Å².